The summed E-state index contributed by atoms with van der Waals surface area (Å²) in [7, 11) is 1.53. The predicted molar refractivity (Wildman–Crippen MR) is 109 cm³/mol. The lowest BCUT2D eigenvalue weighted by molar-refractivity contribution is -0.114. The van der Waals surface area contributed by atoms with Crippen molar-refractivity contribution in [3.63, 3.8) is 0 Å². The van der Waals surface area contributed by atoms with Gasteiger partial charge in [-0.1, -0.05) is 23.7 Å². The molecule has 0 aromatic heterocycles. The number of nitrogens with one attached hydrogen (secondary N) is 2. The first kappa shape index (κ1) is 19.4. The van der Waals surface area contributed by atoms with Crippen LogP contribution in [0.4, 0.5) is 5.69 Å². The van der Waals surface area contributed by atoms with Crippen molar-refractivity contribution in [3.05, 3.63) is 76.0 Å². The number of hydrogen-bond acceptors (Lipinski definition) is 5. The second kappa shape index (κ2) is 7.72. The number of piperidine rings is 1. The minimum absolute atomic E-state index is 0.0869. The molecule has 28 heavy (non-hydrogen) atoms. The van der Waals surface area contributed by atoms with Crippen LogP contribution in [0.15, 0.2) is 65.4 Å². The number of carbonyl (C=O) groups excluding carboxylic acids is 1. The van der Waals surface area contributed by atoms with Crippen LogP contribution in [-0.2, 0) is 4.79 Å². The molecule has 3 rings (SSSR count). The third kappa shape index (κ3) is 3.31. The predicted octanol–water partition coefficient (Wildman–Crippen LogP) is 4.46. The molecule has 3 N–H and O–H groups in total. The zero-order valence-electron chi connectivity index (χ0n) is 15.3. The van der Waals surface area contributed by atoms with E-state index in [-0.39, 0.29) is 22.7 Å². The van der Waals surface area contributed by atoms with Crippen LogP contribution < -0.4 is 9.64 Å². The molecule has 0 bridgehead atoms. The summed E-state index contributed by atoms with van der Waals surface area (Å²) >= 11 is 5.96. The normalized spacial score (nSPS) is 18.8. The monoisotopic (exact) mass is 395 g/mol. The summed E-state index contributed by atoms with van der Waals surface area (Å²) in [6, 6.07) is 13.3. The molecule has 0 spiro atoms. The number of nitrogens with zero attached hydrogens (tertiary/aromatic N) is 1. The molecule has 142 valence electrons. The Morgan fingerprint density at radius 2 is 1.79 bits per heavy atom. The van der Waals surface area contributed by atoms with Gasteiger partial charge in [0.1, 0.15) is 11.6 Å². The van der Waals surface area contributed by atoms with Gasteiger partial charge in [0, 0.05) is 5.02 Å². The summed E-state index contributed by atoms with van der Waals surface area (Å²) in [5, 5.41) is 27.1. The van der Waals surface area contributed by atoms with Crippen LogP contribution >= 0.6 is 11.6 Å². The van der Waals surface area contributed by atoms with Gasteiger partial charge < -0.3 is 9.84 Å². The number of amidine groups is 1. The largest absolute Gasteiger partial charge is 0.512 e. The maximum Gasteiger partial charge on any atom is 0.264 e. The van der Waals surface area contributed by atoms with Crippen molar-refractivity contribution >= 4 is 34.9 Å². The first-order valence-electron chi connectivity index (χ1n) is 8.41. The van der Waals surface area contributed by atoms with Gasteiger partial charge in [-0.3, -0.25) is 20.5 Å². The van der Waals surface area contributed by atoms with Crippen molar-refractivity contribution in [2.24, 2.45) is 0 Å². The van der Waals surface area contributed by atoms with Crippen LogP contribution in [0.2, 0.25) is 5.02 Å². The lowest BCUT2D eigenvalue weighted by Crippen LogP contribution is -2.46. The third-order valence-electron chi connectivity index (χ3n) is 4.55. The molecule has 7 heteroatoms. The van der Waals surface area contributed by atoms with E-state index in [9.17, 15) is 9.90 Å². The van der Waals surface area contributed by atoms with Crippen molar-refractivity contribution in [2.75, 3.05) is 12.0 Å². The molecule has 2 aromatic rings. The van der Waals surface area contributed by atoms with E-state index >= 15 is 0 Å². The highest BCUT2D eigenvalue weighted by Gasteiger charge is 2.42. The number of halogens is 1. The molecule has 1 amide bonds. The van der Waals surface area contributed by atoms with Crippen molar-refractivity contribution in [2.45, 2.75) is 12.8 Å². The van der Waals surface area contributed by atoms with E-state index in [0.29, 0.717) is 22.0 Å². The smallest absolute Gasteiger partial charge is 0.264 e. The molecule has 1 saturated heterocycles. The number of methoxy groups -OCH3 is 1. The number of benzene rings is 2. The van der Waals surface area contributed by atoms with Crippen molar-refractivity contribution in [1.82, 2.24) is 0 Å². The maximum absolute atomic E-state index is 13.3. The third-order valence-corrected chi connectivity index (χ3v) is 4.80. The maximum atomic E-state index is 13.3. The highest BCUT2D eigenvalue weighted by atomic mass is 35.5. The Kier molecular flexibility index (Phi) is 5.36. The lowest BCUT2D eigenvalue weighted by atomic mass is 9.79. The van der Waals surface area contributed by atoms with Gasteiger partial charge >= 0.3 is 0 Å². The minimum atomic E-state index is -0.783. The molecular weight excluding hydrogens is 378 g/mol. The molecule has 1 fully saturated rings. The Morgan fingerprint density at radius 1 is 1.18 bits per heavy atom. The second-order valence-corrected chi connectivity index (χ2v) is 6.65. The molecular formula is C21H18ClN3O3. The SMILES string of the molecule is COc1ccc(N2C(=N)C(=C=N)C(c3ccc(Cl)cc3)/C(=C(/C)O)C2=O)cc1. The molecule has 1 atom stereocenters. The van der Waals surface area contributed by atoms with Gasteiger partial charge in [0.05, 0.1) is 35.6 Å². The topological polar surface area (TPSA) is 97.5 Å². The Labute approximate surface area is 167 Å². The van der Waals surface area contributed by atoms with Gasteiger partial charge in [-0.25, -0.2) is 0 Å². The summed E-state index contributed by atoms with van der Waals surface area (Å²) in [6.45, 7) is 1.42. The molecule has 0 aliphatic carbocycles. The van der Waals surface area contributed by atoms with E-state index in [1.54, 1.807) is 48.5 Å². The number of hydrogen-bond donors (Lipinski definition) is 3. The van der Waals surface area contributed by atoms with E-state index in [1.807, 2.05) is 0 Å². The van der Waals surface area contributed by atoms with Crippen LogP contribution in [-0.4, -0.2) is 29.8 Å². The van der Waals surface area contributed by atoms with Gasteiger partial charge in [0.25, 0.3) is 5.91 Å². The molecule has 1 heterocycles. The number of ether oxygens (including phenoxy) is 1. The first-order chi connectivity index (χ1) is 13.4. The quantitative estimate of drug-likeness (QED) is 0.406. The highest BCUT2D eigenvalue weighted by molar-refractivity contribution is 6.33. The van der Waals surface area contributed by atoms with Gasteiger partial charge in [0.2, 0.25) is 0 Å². The fourth-order valence-electron chi connectivity index (χ4n) is 3.21. The number of allylic oxidation sites excluding steroid dienone is 1. The standard InChI is InChI=1S/C21H18ClN3O3/c1-12(26)18-19(13-3-5-14(22)6-4-13)17(11-23)20(24)25(21(18)27)15-7-9-16(28-2)10-8-15/h3-10,19,23-24,26H,1-2H3/b18-12+,24-20?. The summed E-state index contributed by atoms with van der Waals surface area (Å²) in [5.74, 6) is 1.23. The van der Waals surface area contributed by atoms with Gasteiger partial charge in [-0.2, -0.15) is 0 Å². The lowest BCUT2D eigenvalue weighted by Gasteiger charge is -2.35. The number of rotatable bonds is 3. The van der Waals surface area contributed by atoms with E-state index in [1.165, 1.54) is 14.0 Å². The minimum Gasteiger partial charge on any atom is -0.512 e. The Balaban J connectivity index is 2.16. The zero-order valence-corrected chi connectivity index (χ0v) is 16.0. The van der Waals surface area contributed by atoms with Gasteiger partial charge in [0.15, 0.2) is 0 Å². The van der Waals surface area contributed by atoms with Gasteiger partial charge in [-0.15, -0.1) is 0 Å². The first-order valence-corrected chi connectivity index (χ1v) is 8.79. The van der Waals surface area contributed by atoms with Crippen molar-refractivity contribution in [1.29, 1.82) is 10.8 Å². The number of amides is 1. The fraction of sp³-hybridized carbons (Fsp3) is 0.143. The Morgan fingerprint density at radius 3 is 2.29 bits per heavy atom. The van der Waals surface area contributed by atoms with Crippen LogP contribution in [0.25, 0.3) is 0 Å². The molecule has 1 aliphatic rings. The van der Waals surface area contributed by atoms with Crippen LogP contribution in [0.1, 0.15) is 18.4 Å². The number of carbonyl (C=O) groups is 1. The van der Waals surface area contributed by atoms with E-state index in [0.717, 1.165) is 4.90 Å². The molecule has 2 aromatic carbocycles. The zero-order chi connectivity index (χ0) is 20.4. The van der Waals surface area contributed by atoms with E-state index in [2.05, 4.69) is 5.87 Å². The van der Waals surface area contributed by atoms with Crippen LogP contribution in [0.3, 0.4) is 0 Å². The highest BCUT2D eigenvalue weighted by Crippen LogP contribution is 2.40. The van der Waals surface area contributed by atoms with Crippen LogP contribution in [0, 0.1) is 10.8 Å². The molecule has 0 saturated carbocycles. The summed E-state index contributed by atoms with van der Waals surface area (Å²) < 4.78 is 5.13. The average molecular weight is 396 g/mol. The number of aliphatic hydroxyl groups is 1. The Bertz CT molecular complexity index is 1020. The van der Waals surface area contributed by atoms with Crippen molar-refractivity contribution < 1.29 is 14.6 Å². The molecule has 1 aliphatic heterocycles. The van der Waals surface area contributed by atoms with Crippen molar-refractivity contribution in [3.8, 4) is 5.75 Å². The number of aliphatic hydroxyl groups excluding tert-OH is 1. The summed E-state index contributed by atoms with van der Waals surface area (Å²) in [6.07, 6.45) is 0. The summed E-state index contributed by atoms with van der Waals surface area (Å²) in [5.41, 5.74) is 1.32. The average Bonchev–Trinajstić information content (AvgIpc) is 2.68. The van der Waals surface area contributed by atoms with Gasteiger partial charge in [-0.05, 0) is 54.8 Å². The molecule has 1 unspecified atom stereocenters. The Hall–Kier alpha value is -3.34. The van der Waals surface area contributed by atoms with E-state index < -0.39 is 11.8 Å². The summed E-state index contributed by atoms with van der Waals surface area (Å²) in [4.78, 5) is 14.4. The molecule has 0 radical (unpaired) electrons. The number of anilines is 1. The second-order valence-electron chi connectivity index (χ2n) is 6.21. The van der Waals surface area contributed by atoms with Crippen LogP contribution in [0.5, 0.6) is 5.75 Å². The fourth-order valence-corrected chi connectivity index (χ4v) is 3.33. The molecule has 6 nitrogen and oxygen atoms in total. The van der Waals surface area contributed by atoms with E-state index in [4.69, 9.17) is 27.2 Å².